The maximum Gasteiger partial charge on any atom is 0.285 e. The van der Waals surface area contributed by atoms with E-state index in [2.05, 4.69) is 14.6 Å². The number of ether oxygens (including phenoxy) is 1. The van der Waals surface area contributed by atoms with Gasteiger partial charge in [0, 0.05) is 38.3 Å². The van der Waals surface area contributed by atoms with Crippen molar-refractivity contribution in [2.75, 3.05) is 45.9 Å². The molecule has 2 aromatic carbocycles. The van der Waals surface area contributed by atoms with Crippen LogP contribution in [0, 0.1) is 5.92 Å². The topological polar surface area (TPSA) is 91.3 Å². The van der Waals surface area contributed by atoms with Gasteiger partial charge in [-0.15, -0.1) is 4.40 Å². The van der Waals surface area contributed by atoms with Crippen LogP contribution in [0.2, 0.25) is 0 Å². The molecule has 5 rings (SSSR count). The Morgan fingerprint density at radius 3 is 2.59 bits per heavy atom. The lowest BCUT2D eigenvalue weighted by Crippen LogP contribution is -2.48. The first-order chi connectivity index (χ1) is 16.5. The maximum atomic E-state index is 13.4. The first kappa shape index (κ1) is 23.0. The van der Waals surface area contributed by atoms with E-state index < -0.39 is 10.0 Å². The zero-order valence-electron chi connectivity index (χ0n) is 19.1. The number of amides is 1. The summed E-state index contributed by atoms with van der Waals surface area (Å²) in [6, 6.07) is 16.8. The van der Waals surface area contributed by atoms with Crippen LogP contribution in [-0.4, -0.2) is 75.9 Å². The number of carbonyl (C=O) groups is 1. The number of sulfonamides is 1. The van der Waals surface area contributed by atoms with Gasteiger partial charge in [0.15, 0.2) is 5.84 Å². The molecule has 3 aliphatic rings. The number of likely N-dealkylation sites (tertiary alicyclic amines) is 1. The minimum absolute atomic E-state index is 0.00144. The normalized spacial score (nSPS) is 23.1. The van der Waals surface area contributed by atoms with E-state index in [1.54, 1.807) is 18.2 Å². The molecule has 2 atom stereocenters. The summed E-state index contributed by atoms with van der Waals surface area (Å²) in [4.78, 5) is 17.9. The van der Waals surface area contributed by atoms with Crippen LogP contribution in [0.1, 0.15) is 30.0 Å². The van der Waals surface area contributed by atoms with Crippen molar-refractivity contribution in [3.05, 3.63) is 65.7 Å². The van der Waals surface area contributed by atoms with Crippen LogP contribution in [0.3, 0.4) is 0 Å². The summed E-state index contributed by atoms with van der Waals surface area (Å²) in [6.07, 6.45) is 1.57. The Labute approximate surface area is 200 Å². The first-order valence-corrected chi connectivity index (χ1v) is 13.3. The number of piperidine rings is 1. The van der Waals surface area contributed by atoms with Crippen molar-refractivity contribution in [2.45, 2.75) is 23.8 Å². The third-order valence-corrected chi connectivity index (χ3v) is 8.09. The number of carbonyl (C=O) groups excluding carboxylic acids is 1. The molecule has 3 aliphatic heterocycles. The Morgan fingerprint density at radius 2 is 1.79 bits per heavy atom. The molecule has 9 heteroatoms. The van der Waals surface area contributed by atoms with E-state index in [9.17, 15) is 13.2 Å². The highest BCUT2D eigenvalue weighted by atomic mass is 32.2. The molecule has 0 aliphatic carbocycles. The van der Waals surface area contributed by atoms with Gasteiger partial charge in [-0.3, -0.25) is 9.69 Å². The molecule has 0 aromatic heterocycles. The lowest BCUT2D eigenvalue weighted by Gasteiger charge is -2.35. The molecule has 180 valence electrons. The molecule has 1 N–H and O–H groups in total. The quantitative estimate of drug-likeness (QED) is 0.701. The number of hydrogen-bond donors (Lipinski definition) is 1. The summed E-state index contributed by atoms with van der Waals surface area (Å²) in [5, 5.41) is 3.29. The highest BCUT2D eigenvalue weighted by Gasteiger charge is 2.35. The first-order valence-electron chi connectivity index (χ1n) is 11.9. The van der Waals surface area contributed by atoms with Crippen molar-refractivity contribution in [2.24, 2.45) is 10.3 Å². The van der Waals surface area contributed by atoms with E-state index in [4.69, 9.17) is 4.74 Å². The molecular formula is C25H30N4O4S. The van der Waals surface area contributed by atoms with Gasteiger partial charge in [-0.1, -0.05) is 42.5 Å². The monoisotopic (exact) mass is 482 g/mol. The molecule has 2 aromatic rings. The van der Waals surface area contributed by atoms with E-state index in [0.717, 1.165) is 38.0 Å². The van der Waals surface area contributed by atoms with Crippen molar-refractivity contribution in [1.29, 1.82) is 0 Å². The molecule has 2 saturated heterocycles. The van der Waals surface area contributed by atoms with Gasteiger partial charge in [0.2, 0.25) is 5.91 Å². The van der Waals surface area contributed by atoms with Crippen molar-refractivity contribution in [3.63, 3.8) is 0 Å². The van der Waals surface area contributed by atoms with Crippen LogP contribution in [0.4, 0.5) is 0 Å². The molecule has 3 heterocycles. The summed E-state index contributed by atoms with van der Waals surface area (Å²) < 4.78 is 34.5. The SMILES string of the molecule is O=C(NC(CN1CCOCC1)c1ccccc1)C1CCCN(C2=NS(=O)(=O)c3ccccc32)C1. The smallest absolute Gasteiger partial charge is 0.285 e. The molecule has 8 nitrogen and oxygen atoms in total. The van der Waals surface area contributed by atoms with E-state index in [0.29, 0.717) is 37.7 Å². The minimum Gasteiger partial charge on any atom is -0.379 e. The predicted octanol–water partition coefficient (Wildman–Crippen LogP) is 2.04. The highest BCUT2D eigenvalue weighted by Crippen LogP contribution is 2.30. The Hall–Kier alpha value is -2.75. The van der Waals surface area contributed by atoms with Gasteiger partial charge in [-0.05, 0) is 30.5 Å². The summed E-state index contributed by atoms with van der Waals surface area (Å²) in [7, 11) is -3.68. The fourth-order valence-corrected chi connectivity index (χ4v) is 6.18. The van der Waals surface area contributed by atoms with Crippen molar-refractivity contribution in [1.82, 2.24) is 15.1 Å². The van der Waals surface area contributed by atoms with Crippen molar-refractivity contribution in [3.8, 4) is 0 Å². The van der Waals surface area contributed by atoms with Crippen molar-refractivity contribution >= 4 is 21.8 Å². The van der Waals surface area contributed by atoms with Crippen LogP contribution in [0.15, 0.2) is 63.9 Å². The van der Waals surface area contributed by atoms with Crippen LogP contribution < -0.4 is 5.32 Å². The summed E-state index contributed by atoms with van der Waals surface area (Å²) in [5.74, 6) is 0.227. The molecule has 0 saturated carbocycles. The largest absolute Gasteiger partial charge is 0.379 e. The number of hydrogen-bond acceptors (Lipinski definition) is 6. The third kappa shape index (κ3) is 4.87. The lowest BCUT2D eigenvalue weighted by molar-refractivity contribution is -0.127. The fraction of sp³-hybridized carbons (Fsp3) is 0.440. The Kier molecular flexibility index (Phi) is 6.67. The fourth-order valence-electron chi connectivity index (χ4n) is 4.95. The third-order valence-electron chi connectivity index (χ3n) is 6.77. The average Bonchev–Trinajstić information content (AvgIpc) is 3.16. The van der Waals surface area contributed by atoms with Gasteiger partial charge >= 0.3 is 0 Å². The van der Waals surface area contributed by atoms with Crippen LogP contribution in [-0.2, 0) is 19.6 Å². The summed E-state index contributed by atoms with van der Waals surface area (Å²) in [6.45, 7) is 4.98. The summed E-state index contributed by atoms with van der Waals surface area (Å²) >= 11 is 0. The molecule has 2 unspecified atom stereocenters. The van der Waals surface area contributed by atoms with Gasteiger partial charge < -0.3 is 15.0 Å². The number of fused-ring (bicyclic) bond motifs is 1. The summed E-state index contributed by atoms with van der Waals surface area (Å²) in [5.41, 5.74) is 1.70. The van der Waals surface area contributed by atoms with Gasteiger partial charge in [0.05, 0.1) is 25.2 Å². The number of nitrogens with zero attached hydrogens (tertiary/aromatic N) is 3. The molecule has 0 radical (unpaired) electrons. The molecule has 2 fully saturated rings. The van der Waals surface area contributed by atoms with Gasteiger partial charge in [-0.2, -0.15) is 8.42 Å². The molecule has 34 heavy (non-hydrogen) atoms. The second-order valence-electron chi connectivity index (χ2n) is 9.06. The molecular weight excluding hydrogens is 452 g/mol. The Morgan fingerprint density at radius 1 is 1.06 bits per heavy atom. The zero-order chi connectivity index (χ0) is 23.5. The maximum absolute atomic E-state index is 13.4. The number of nitrogens with one attached hydrogen (secondary N) is 1. The highest BCUT2D eigenvalue weighted by molar-refractivity contribution is 7.90. The Balaban J connectivity index is 1.31. The van der Waals surface area contributed by atoms with Gasteiger partial charge in [0.1, 0.15) is 4.90 Å². The van der Waals surface area contributed by atoms with E-state index in [1.807, 2.05) is 41.3 Å². The second kappa shape index (κ2) is 9.85. The molecule has 0 bridgehead atoms. The van der Waals surface area contributed by atoms with Crippen LogP contribution >= 0.6 is 0 Å². The number of rotatable bonds is 5. The Bertz CT molecular complexity index is 1160. The average molecular weight is 483 g/mol. The molecule has 1 amide bonds. The van der Waals surface area contributed by atoms with Crippen LogP contribution in [0.25, 0.3) is 0 Å². The van der Waals surface area contributed by atoms with E-state index >= 15 is 0 Å². The van der Waals surface area contributed by atoms with E-state index in [1.165, 1.54) is 0 Å². The lowest BCUT2D eigenvalue weighted by atomic mass is 9.95. The van der Waals surface area contributed by atoms with E-state index in [-0.39, 0.29) is 22.8 Å². The predicted molar refractivity (Wildman–Crippen MR) is 129 cm³/mol. The van der Waals surface area contributed by atoms with Crippen LogP contribution in [0.5, 0.6) is 0 Å². The molecule has 0 spiro atoms. The zero-order valence-corrected chi connectivity index (χ0v) is 19.9. The standard InChI is InChI=1S/C25H30N4O4S/c30-25(26-22(19-7-2-1-3-8-19)18-28-13-15-33-16-14-28)20-9-6-12-29(17-20)24-21-10-4-5-11-23(21)34(31,32)27-24/h1-5,7-8,10-11,20,22H,6,9,12-18H2,(H,26,30). The minimum atomic E-state index is -3.68. The second-order valence-corrected chi connectivity index (χ2v) is 10.6. The van der Waals surface area contributed by atoms with Crippen molar-refractivity contribution < 1.29 is 17.9 Å². The van der Waals surface area contributed by atoms with Gasteiger partial charge in [0.25, 0.3) is 10.0 Å². The number of morpholine rings is 1. The number of amidine groups is 1. The number of benzene rings is 2. The van der Waals surface area contributed by atoms with Gasteiger partial charge in [-0.25, -0.2) is 0 Å².